The number of hydrogen-bond donors (Lipinski definition) is 2. The Bertz CT molecular complexity index is 574. The summed E-state index contributed by atoms with van der Waals surface area (Å²) in [4.78, 5) is 12.8. The third-order valence-corrected chi connectivity index (χ3v) is 5.74. The summed E-state index contributed by atoms with van der Waals surface area (Å²) < 4.78 is 5.38. The van der Waals surface area contributed by atoms with Gasteiger partial charge in [0.1, 0.15) is 5.76 Å². The molecule has 0 aromatic carbocycles. The molecule has 1 unspecified atom stereocenters. The van der Waals surface area contributed by atoms with Crippen LogP contribution in [0, 0.1) is 0 Å². The van der Waals surface area contributed by atoms with E-state index in [4.69, 9.17) is 14.3 Å². The fraction of sp³-hybridized carbons (Fsp3) is 0.720. The van der Waals surface area contributed by atoms with Crippen LogP contribution in [0.5, 0.6) is 0 Å². The Morgan fingerprint density at radius 3 is 2.00 bits per heavy atom. The van der Waals surface area contributed by atoms with Crippen molar-refractivity contribution in [2.75, 3.05) is 20.3 Å². The molecule has 2 N–H and O–H groups in total. The molecule has 0 bridgehead atoms. The van der Waals surface area contributed by atoms with Gasteiger partial charge in [0.15, 0.2) is 6.10 Å². The largest absolute Gasteiger partial charge is 0.483 e. The lowest BCUT2D eigenvalue weighted by molar-refractivity contribution is -0.122. The number of furan rings is 1. The summed E-state index contributed by atoms with van der Waals surface area (Å²) >= 11 is 0. The van der Waals surface area contributed by atoms with Crippen LogP contribution in [-0.2, 0) is 4.79 Å². The highest BCUT2D eigenvalue weighted by atomic mass is 16.4. The molecular weight excluding hydrogens is 392 g/mol. The fourth-order valence-corrected chi connectivity index (χ4v) is 4.06. The summed E-state index contributed by atoms with van der Waals surface area (Å²) in [6, 6.07) is 3.67. The molecule has 0 spiro atoms. The van der Waals surface area contributed by atoms with Crippen molar-refractivity contribution >= 4 is 6.47 Å². The lowest BCUT2D eigenvalue weighted by atomic mass is 10.0. The molecule has 1 aromatic rings. The van der Waals surface area contributed by atoms with Crippen molar-refractivity contribution in [3.8, 4) is 0 Å². The molecule has 0 aliphatic carbocycles. The summed E-state index contributed by atoms with van der Waals surface area (Å²) in [5.74, 6) is 0.622. The van der Waals surface area contributed by atoms with Gasteiger partial charge in [0, 0.05) is 19.8 Å². The smallest absolute Gasteiger partial charge is 0.290 e. The van der Waals surface area contributed by atoms with E-state index < -0.39 is 6.10 Å². The molecule has 6 nitrogen and oxygen atoms in total. The van der Waals surface area contributed by atoms with Gasteiger partial charge < -0.3 is 24.4 Å². The van der Waals surface area contributed by atoms with Crippen molar-refractivity contribution in [3.05, 3.63) is 36.1 Å². The van der Waals surface area contributed by atoms with E-state index in [-0.39, 0.29) is 6.47 Å². The summed E-state index contributed by atoms with van der Waals surface area (Å²) in [6.07, 6.45) is 20.9. The topological polar surface area (TPSA) is 77.2 Å². The highest BCUT2D eigenvalue weighted by molar-refractivity contribution is 5.32. The first-order valence-electron chi connectivity index (χ1n) is 12.1. The van der Waals surface area contributed by atoms with E-state index >= 15 is 0 Å². The van der Waals surface area contributed by atoms with E-state index in [9.17, 15) is 5.11 Å². The molecule has 1 aliphatic heterocycles. The molecule has 0 amide bonds. The van der Waals surface area contributed by atoms with Gasteiger partial charge >= 0.3 is 0 Å². The molecule has 2 rings (SSSR count). The average Bonchev–Trinajstić information content (AvgIpc) is 3.41. The Morgan fingerprint density at radius 1 is 1.00 bits per heavy atom. The predicted octanol–water partition coefficient (Wildman–Crippen LogP) is 6.15. The van der Waals surface area contributed by atoms with Gasteiger partial charge in [0.05, 0.1) is 18.6 Å². The average molecular weight is 437 g/mol. The molecule has 0 saturated carbocycles. The maximum Gasteiger partial charge on any atom is 0.290 e. The van der Waals surface area contributed by atoms with Crippen molar-refractivity contribution in [3.63, 3.8) is 0 Å². The van der Waals surface area contributed by atoms with E-state index in [1.807, 2.05) is 18.3 Å². The second-order valence-electron chi connectivity index (χ2n) is 8.48. The lowest BCUT2D eigenvalue weighted by Gasteiger charge is -2.24. The van der Waals surface area contributed by atoms with E-state index in [1.165, 1.54) is 83.5 Å². The van der Waals surface area contributed by atoms with Crippen molar-refractivity contribution < 1.29 is 19.4 Å². The number of unbranched alkanes of at least 4 members (excludes halogenated alkanes) is 12. The Morgan fingerprint density at radius 2 is 1.52 bits per heavy atom. The second kappa shape index (κ2) is 17.7. The van der Waals surface area contributed by atoms with Crippen molar-refractivity contribution in [1.82, 2.24) is 9.80 Å². The number of hydrogen-bond acceptors (Lipinski definition) is 5. The van der Waals surface area contributed by atoms with E-state index in [2.05, 4.69) is 23.8 Å². The Labute approximate surface area is 188 Å². The number of carboxylic acid groups (broad SMARTS) is 1. The standard InChI is InChI=1S/C24H42N2O2.CH2O2/c1-3-4-5-6-7-8-9-10-11-12-13-14-15-18-26-21-25(2)20-22(26)24(27)23-17-16-19-28-23;2-1-3/h16-17,19-20,24,27H,3-15,18,21H2,1-2H3;1H,(H,2,3). The maximum atomic E-state index is 10.6. The van der Waals surface area contributed by atoms with Crippen LogP contribution < -0.4 is 0 Å². The maximum absolute atomic E-state index is 10.6. The van der Waals surface area contributed by atoms with Crippen LogP contribution in [0.3, 0.4) is 0 Å². The Hall–Kier alpha value is -1.95. The first kappa shape index (κ1) is 27.1. The Kier molecular flexibility index (Phi) is 15.5. The van der Waals surface area contributed by atoms with E-state index in [0.717, 1.165) is 18.9 Å². The lowest BCUT2D eigenvalue weighted by Crippen LogP contribution is -2.28. The third-order valence-electron chi connectivity index (χ3n) is 5.74. The molecule has 1 atom stereocenters. The minimum atomic E-state index is -0.665. The monoisotopic (exact) mass is 436 g/mol. The van der Waals surface area contributed by atoms with Crippen LogP contribution in [-0.4, -0.2) is 46.7 Å². The molecule has 178 valence electrons. The van der Waals surface area contributed by atoms with E-state index in [1.54, 1.807) is 6.26 Å². The van der Waals surface area contributed by atoms with Gasteiger partial charge in [0.25, 0.3) is 6.47 Å². The van der Waals surface area contributed by atoms with E-state index in [0.29, 0.717) is 5.76 Å². The second-order valence-corrected chi connectivity index (χ2v) is 8.48. The van der Waals surface area contributed by atoms with Crippen LogP contribution in [0.25, 0.3) is 0 Å². The predicted molar refractivity (Wildman–Crippen MR) is 125 cm³/mol. The van der Waals surface area contributed by atoms with Gasteiger partial charge in [-0.05, 0) is 18.6 Å². The molecule has 1 aromatic heterocycles. The molecule has 2 heterocycles. The van der Waals surface area contributed by atoms with Crippen molar-refractivity contribution in [2.24, 2.45) is 0 Å². The fourth-order valence-electron chi connectivity index (χ4n) is 4.06. The van der Waals surface area contributed by atoms with Crippen LogP contribution in [0.4, 0.5) is 0 Å². The minimum Gasteiger partial charge on any atom is -0.483 e. The van der Waals surface area contributed by atoms with Crippen LogP contribution in [0.1, 0.15) is 102 Å². The Balaban J connectivity index is 0.00000151. The number of aliphatic hydroxyl groups excluding tert-OH is 1. The zero-order chi connectivity index (χ0) is 22.7. The molecule has 1 aliphatic rings. The molecule has 0 saturated heterocycles. The number of rotatable bonds is 16. The first-order valence-corrected chi connectivity index (χ1v) is 12.1. The zero-order valence-corrected chi connectivity index (χ0v) is 19.7. The highest BCUT2D eigenvalue weighted by Gasteiger charge is 2.26. The third kappa shape index (κ3) is 11.9. The molecule has 31 heavy (non-hydrogen) atoms. The van der Waals surface area contributed by atoms with Gasteiger partial charge in [-0.3, -0.25) is 4.79 Å². The van der Waals surface area contributed by atoms with Gasteiger partial charge in [-0.2, -0.15) is 0 Å². The van der Waals surface area contributed by atoms with Gasteiger partial charge in [-0.25, -0.2) is 0 Å². The molecule has 0 radical (unpaired) electrons. The first-order chi connectivity index (χ1) is 15.1. The van der Waals surface area contributed by atoms with Gasteiger partial charge in [-0.15, -0.1) is 0 Å². The summed E-state index contributed by atoms with van der Waals surface area (Å²) in [5.41, 5.74) is 0.955. The van der Waals surface area contributed by atoms with Crippen molar-refractivity contribution in [2.45, 2.75) is 96.5 Å². The zero-order valence-electron chi connectivity index (χ0n) is 19.7. The molecular formula is C25H44N2O4. The highest BCUT2D eigenvalue weighted by Crippen LogP contribution is 2.29. The summed E-state index contributed by atoms with van der Waals surface area (Å²) in [6.45, 7) is 3.89. The van der Waals surface area contributed by atoms with Crippen LogP contribution in [0.2, 0.25) is 0 Å². The van der Waals surface area contributed by atoms with Gasteiger partial charge in [0.2, 0.25) is 0 Å². The molecule has 6 heteroatoms. The van der Waals surface area contributed by atoms with Gasteiger partial charge in [-0.1, -0.05) is 84.0 Å². The minimum absolute atomic E-state index is 0.250. The number of aliphatic hydroxyl groups is 1. The quantitative estimate of drug-likeness (QED) is 0.239. The van der Waals surface area contributed by atoms with Crippen LogP contribution in [0.15, 0.2) is 34.7 Å². The van der Waals surface area contributed by atoms with Crippen LogP contribution >= 0.6 is 0 Å². The summed E-state index contributed by atoms with van der Waals surface area (Å²) in [5, 5.41) is 17.5. The number of carbonyl (C=O) groups is 1. The SMILES string of the molecule is CCCCCCCCCCCCCCCN1CN(C)C=C1C(O)c1ccco1.O=CO. The summed E-state index contributed by atoms with van der Waals surface area (Å²) in [7, 11) is 2.05. The normalized spacial score (nSPS) is 14.2. The van der Waals surface area contributed by atoms with Crippen molar-refractivity contribution in [1.29, 1.82) is 0 Å². The number of nitrogens with zero attached hydrogens (tertiary/aromatic N) is 2. The molecule has 0 fully saturated rings.